The van der Waals surface area contributed by atoms with Gasteiger partial charge in [-0.3, -0.25) is 14.6 Å². The van der Waals surface area contributed by atoms with Gasteiger partial charge in [0.1, 0.15) is 5.76 Å². The molecule has 1 amide bonds. The first kappa shape index (κ1) is 17.4. The third kappa shape index (κ3) is 3.24. The molecule has 2 unspecified atom stereocenters. The molecular weight excluding hydrogens is 344 g/mol. The zero-order valence-corrected chi connectivity index (χ0v) is 14.7. The molecule has 2 aliphatic heterocycles. The van der Waals surface area contributed by atoms with E-state index in [2.05, 4.69) is 4.98 Å². The van der Waals surface area contributed by atoms with Crippen LogP contribution in [0.2, 0.25) is 0 Å². The van der Waals surface area contributed by atoms with Crippen LogP contribution >= 0.6 is 0 Å². The molecule has 0 radical (unpaired) electrons. The summed E-state index contributed by atoms with van der Waals surface area (Å²) in [5.41, 5.74) is 1.35. The molecular formula is C21H20N2O4. The number of aliphatic hydroxyl groups excluding tert-OH is 1. The Morgan fingerprint density at radius 3 is 2.56 bits per heavy atom. The van der Waals surface area contributed by atoms with Crippen molar-refractivity contribution in [2.45, 2.75) is 25.0 Å². The Kier molecular flexibility index (Phi) is 4.73. The van der Waals surface area contributed by atoms with Gasteiger partial charge in [0.05, 0.1) is 17.7 Å². The molecule has 2 aliphatic rings. The van der Waals surface area contributed by atoms with Crippen LogP contribution < -0.4 is 0 Å². The molecule has 4 rings (SSSR count). The maximum Gasteiger partial charge on any atom is 0.295 e. The number of Topliss-reactive ketones (excluding diaryl/α,β-unsaturated/α-hetero) is 1. The zero-order chi connectivity index (χ0) is 18.8. The molecule has 2 saturated heterocycles. The van der Waals surface area contributed by atoms with Gasteiger partial charge < -0.3 is 14.7 Å². The summed E-state index contributed by atoms with van der Waals surface area (Å²) >= 11 is 0. The number of aromatic nitrogens is 1. The van der Waals surface area contributed by atoms with Crippen LogP contribution in [0.4, 0.5) is 0 Å². The summed E-state index contributed by atoms with van der Waals surface area (Å²) < 4.78 is 5.67. The number of benzene rings is 1. The van der Waals surface area contributed by atoms with Gasteiger partial charge in [-0.05, 0) is 30.5 Å². The number of carbonyl (C=O) groups is 2. The van der Waals surface area contributed by atoms with Crippen molar-refractivity contribution in [3.63, 3.8) is 0 Å². The van der Waals surface area contributed by atoms with Crippen LogP contribution in [0.3, 0.4) is 0 Å². The highest BCUT2D eigenvalue weighted by molar-refractivity contribution is 6.46. The van der Waals surface area contributed by atoms with Crippen LogP contribution in [0, 0.1) is 0 Å². The van der Waals surface area contributed by atoms with Gasteiger partial charge in [-0.1, -0.05) is 30.3 Å². The van der Waals surface area contributed by atoms with Gasteiger partial charge in [0.2, 0.25) is 0 Å². The predicted octanol–water partition coefficient (Wildman–Crippen LogP) is 2.68. The molecule has 1 aromatic carbocycles. The molecule has 6 nitrogen and oxygen atoms in total. The number of aliphatic hydroxyl groups is 1. The van der Waals surface area contributed by atoms with Crippen LogP contribution in [0.5, 0.6) is 0 Å². The molecule has 27 heavy (non-hydrogen) atoms. The molecule has 6 heteroatoms. The lowest BCUT2D eigenvalue weighted by Crippen LogP contribution is -2.36. The van der Waals surface area contributed by atoms with Crippen molar-refractivity contribution in [3.8, 4) is 0 Å². The van der Waals surface area contributed by atoms with E-state index in [1.165, 1.54) is 4.90 Å². The summed E-state index contributed by atoms with van der Waals surface area (Å²) in [5.74, 6) is -1.44. The topological polar surface area (TPSA) is 79.7 Å². The van der Waals surface area contributed by atoms with Gasteiger partial charge >= 0.3 is 0 Å². The molecule has 0 aliphatic carbocycles. The number of rotatable bonds is 4. The number of ether oxygens (including phenoxy) is 1. The maximum atomic E-state index is 12.8. The molecule has 3 heterocycles. The number of nitrogens with zero attached hydrogens (tertiary/aromatic N) is 2. The number of carbonyl (C=O) groups excluding carboxylic acids is 2. The van der Waals surface area contributed by atoms with Crippen LogP contribution in [-0.4, -0.2) is 45.9 Å². The summed E-state index contributed by atoms with van der Waals surface area (Å²) in [6, 6.07) is 11.7. The highest BCUT2D eigenvalue weighted by Crippen LogP contribution is 2.39. The second-order valence-electron chi connectivity index (χ2n) is 6.73. The van der Waals surface area contributed by atoms with Crippen molar-refractivity contribution in [3.05, 3.63) is 71.6 Å². The van der Waals surface area contributed by atoms with Crippen LogP contribution in [-0.2, 0) is 14.3 Å². The molecule has 1 aromatic heterocycles. The van der Waals surface area contributed by atoms with E-state index in [0.717, 1.165) is 18.4 Å². The lowest BCUT2D eigenvalue weighted by Gasteiger charge is -2.27. The average Bonchev–Trinajstić information content (AvgIpc) is 3.31. The van der Waals surface area contributed by atoms with E-state index in [9.17, 15) is 14.7 Å². The zero-order valence-electron chi connectivity index (χ0n) is 14.7. The maximum absolute atomic E-state index is 12.8. The SMILES string of the molecule is O=C1C(=O)N(CC2CCCO2)C(c2ccncc2)/C1=C(/O)c1ccccc1. The first-order valence-corrected chi connectivity index (χ1v) is 9.02. The van der Waals surface area contributed by atoms with Crippen molar-refractivity contribution < 1.29 is 19.4 Å². The monoisotopic (exact) mass is 364 g/mol. The van der Waals surface area contributed by atoms with E-state index in [-0.39, 0.29) is 17.4 Å². The lowest BCUT2D eigenvalue weighted by molar-refractivity contribution is -0.140. The van der Waals surface area contributed by atoms with Gasteiger partial charge in [0.15, 0.2) is 0 Å². The summed E-state index contributed by atoms with van der Waals surface area (Å²) in [6.07, 6.45) is 4.93. The van der Waals surface area contributed by atoms with E-state index >= 15 is 0 Å². The largest absolute Gasteiger partial charge is 0.507 e. The first-order chi connectivity index (χ1) is 13.2. The van der Waals surface area contributed by atoms with Crippen molar-refractivity contribution >= 4 is 17.4 Å². The highest BCUT2D eigenvalue weighted by atomic mass is 16.5. The fourth-order valence-electron chi connectivity index (χ4n) is 3.72. The Morgan fingerprint density at radius 1 is 1.15 bits per heavy atom. The Labute approximate surface area is 157 Å². The molecule has 2 aromatic rings. The molecule has 0 bridgehead atoms. The number of pyridine rings is 1. The van der Waals surface area contributed by atoms with Crippen molar-refractivity contribution in [1.82, 2.24) is 9.88 Å². The number of amides is 1. The standard InChI is InChI=1S/C21H20N2O4/c24-19(15-5-2-1-3-6-15)17-18(14-8-10-22-11-9-14)23(21(26)20(17)25)13-16-7-4-12-27-16/h1-3,5-6,8-11,16,18,24H,4,7,12-13H2/b19-17-. The van der Waals surface area contributed by atoms with E-state index in [1.807, 2.05) is 6.07 Å². The Morgan fingerprint density at radius 2 is 1.89 bits per heavy atom. The Hall–Kier alpha value is -2.99. The van der Waals surface area contributed by atoms with Gasteiger partial charge in [-0.15, -0.1) is 0 Å². The second kappa shape index (κ2) is 7.32. The fraction of sp³-hybridized carbons (Fsp3) is 0.286. The van der Waals surface area contributed by atoms with Crippen molar-refractivity contribution in [1.29, 1.82) is 0 Å². The highest BCUT2D eigenvalue weighted by Gasteiger charge is 2.46. The third-order valence-electron chi connectivity index (χ3n) is 5.03. The minimum absolute atomic E-state index is 0.0932. The molecule has 138 valence electrons. The molecule has 2 atom stereocenters. The second-order valence-corrected chi connectivity index (χ2v) is 6.73. The molecule has 1 N–H and O–H groups in total. The number of hydrogen-bond donors (Lipinski definition) is 1. The normalized spacial score (nSPS) is 24.5. The number of hydrogen-bond acceptors (Lipinski definition) is 5. The quantitative estimate of drug-likeness (QED) is 0.513. The lowest BCUT2D eigenvalue weighted by atomic mass is 9.96. The van der Waals surface area contributed by atoms with E-state index in [4.69, 9.17) is 4.74 Å². The number of likely N-dealkylation sites (tertiary alicyclic amines) is 1. The number of ketones is 1. The van der Waals surface area contributed by atoms with Crippen molar-refractivity contribution in [2.24, 2.45) is 0 Å². The average molecular weight is 364 g/mol. The summed E-state index contributed by atoms with van der Waals surface area (Å²) in [4.78, 5) is 31.1. The van der Waals surface area contributed by atoms with Gasteiger partial charge in [0.25, 0.3) is 11.7 Å². The van der Waals surface area contributed by atoms with Crippen LogP contribution in [0.15, 0.2) is 60.4 Å². The van der Waals surface area contributed by atoms with Gasteiger partial charge in [-0.25, -0.2) is 0 Å². The summed E-state index contributed by atoms with van der Waals surface area (Å²) in [6.45, 7) is 0.988. The predicted molar refractivity (Wildman–Crippen MR) is 98.7 cm³/mol. The van der Waals surface area contributed by atoms with E-state index in [0.29, 0.717) is 18.7 Å². The third-order valence-corrected chi connectivity index (χ3v) is 5.03. The van der Waals surface area contributed by atoms with E-state index < -0.39 is 17.7 Å². The van der Waals surface area contributed by atoms with E-state index in [1.54, 1.807) is 48.8 Å². The summed E-state index contributed by atoms with van der Waals surface area (Å²) in [7, 11) is 0. The van der Waals surface area contributed by atoms with Gasteiger partial charge in [-0.2, -0.15) is 0 Å². The molecule has 0 saturated carbocycles. The fourth-order valence-corrected chi connectivity index (χ4v) is 3.72. The van der Waals surface area contributed by atoms with Gasteiger partial charge in [0, 0.05) is 31.1 Å². The smallest absolute Gasteiger partial charge is 0.295 e. The Balaban J connectivity index is 1.81. The van der Waals surface area contributed by atoms with Crippen molar-refractivity contribution in [2.75, 3.05) is 13.2 Å². The first-order valence-electron chi connectivity index (χ1n) is 9.02. The van der Waals surface area contributed by atoms with Crippen LogP contribution in [0.1, 0.15) is 30.0 Å². The van der Waals surface area contributed by atoms with Crippen LogP contribution in [0.25, 0.3) is 5.76 Å². The molecule has 2 fully saturated rings. The minimum atomic E-state index is -0.670. The Bertz CT molecular complexity index is 874. The molecule has 0 spiro atoms. The summed E-state index contributed by atoms with van der Waals surface area (Å²) in [5, 5.41) is 10.9. The minimum Gasteiger partial charge on any atom is -0.507 e.